The SMILES string of the molecule is Cc1ccc2ccc([C@H]3CC[C@H](C)CN3C(=O)C(=O)Nc3cnc(N)c4cn[nH]c34)cc2n1. The second-order valence-electron chi connectivity index (χ2n) is 8.73. The van der Waals surface area contributed by atoms with E-state index >= 15 is 0 Å². The zero-order valence-electron chi connectivity index (χ0n) is 18.5. The Morgan fingerprint density at radius 2 is 2.00 bits per heavy atom. The second kappa shape index (κ2) is 8.16. The lowest BCUT2D eigenvalue weighted by Crippen LogP contribution is -2.46. The predicted octanol–water partition coefficient (Wildman–Crippen LogP) is 3.34. The zero-order chi connectivity index (χ0) is 23.1. The van der Waals surface area contributed by atoms with Crippen LogP contribution in [0.25, 0.3) is 21.8 Å². The molecule has 1 saturated heterocycles. The number of fused-ring (bicyclic) bond motifs is 2. The minimum Gasteiger partial charge on any atom is -0.383 e. The third kappa shape index (κ3) is 3.86. The van der Waals surface area contributed by atoms with Crippen molar-refractivity contribution in [3.63, 3.8) is 0 Å². The topological polar surface area (TPSA) is 130 Å². The molecule has 2 atom stereocenters. The molecular formula is C24H25N7O2. The molecule has 0 spiro atoms. The molecule has 0 saturated carbocycles. The van der Waals surface area contributed by atoms with E-state index in [4.69, 9.17) is 5.73 Å². The fraction of sp³-hybridized carbons (Fsp3) is 0.292. The van der Waals surface area contributed by atoms with Gasteiger partial charge in [0.2, 0.25) is 0 Å². The average molecular weight is 444 g/mol. The standard InChI is InChI=1S/C24H25N7O2/c1-13-3-8-20(16-7-6-15-5-4-14(2)28-18(15)9-16)31(12-13)24(33)23(32)29-19-11-26-22(25)17-10-27-30-21(17)19/h4-7,9-11,13,20H,3,8,12H2,1-2H3,(H2,25,26)(H,27,30)(H,29,32)/t13-,20+/m0/s1. The number of nitrogens with two attached hydrogens (primary N) is 1. The second-order valence-corrected chi connectivity index (χ2v) is 8.73. The van der Waals surface area contributed by atoms with Gasteiger partial charge in [0, 0.05) is 17.6 Å². The molecule has 33 heavy (non-hydrogen) atoms. The number of piperidine rings is 1. The van der Waals surface area contributed by atoms with Crippen LogP contribution in [-0.2, 0) is 9.59 Å². The van der Waals surface area contributed by atoms with Gasteiger partial charge in [-0.3, -0.25) is 19.7 Å². The van der Waals surface area contributed by atoms with Gasteiger partial charge in [-0.25, -0.2) is 4.98 Å². The van der Waals surface area contributed by atoms with Crippen molar-refractivity contribution in [2.24, 2.45) is 5.92 Å². The van der Waals surface area contributed by atoms with E-state index in [9.17, 15) is 9.59 Å². The smallest absolute Gasteiger partial charge is 0.314 e. The van der Waals surface area contributed by atoms with Crippen molar-refractivity contribution in [1.82, 2.24) is 25.1 Å². The van der Waals surface area contributed by atoms with Crippen molar-refractivity contribution in [2.75, 3.05) is 17.6 Å². The lowest BCUT2D eigenvalue weighted by molar-refractivity contribution is -0.146. The van der Waals surface area contributed by atoms with Gasteiger partial charge < -0.3 is 16.0 Å². The van der Waals surface area contributed by atoms with E-state index < -0.39 is 11.8 Å². The van der Waals surface area contributed by atoms with Crippen LogP contribution in [-0.4, -0.2) is 43.4 Å². The molecule has 0 bridgehead atoms. The third-order valence-electron chi connectivity index (χ3n) is 6.28. The zero-order valence-corrected chi connectivity index (χ0v) is 18.5. The van der Waals surface area contributed by atoms with Crippen LogP contribution in [0.1, 0.15) is 37.1 Å². The van der Waals surface area contributed by atoms with E-state index in [0.717, 1.165) is 35.0 Å². The van der Waals surface area contributed by atoms with Gasteiger partial charge in [0.1, 0.15) is 5.82 Å². The molecule has 9 heteroatoms. The summed E-state index contributed by atoms with van der Waals surface area (Å²) in [4.78, 5) is 36.7. The van der Waals surface area contributed by atoms with Gasteiger partial charge in [0.15, 0.2) is 0 Å². The number of anilines is 2. The van der Waals surface area contributed by atoms with Crippen LogP contribution in [0.4, 0.5) is 11.5 Å². The maximum atomic E-state index is 13.3. The first-order valence-electron chi connectivity index (χ1n) is 11.0. The first-order chi connectivity index (χ1) is 15.9. The highest BCUT2D eigenvalue weighted by Gasteiger charge is 2.34. The summed E-state index contributed by atoms with van der Waals surface area (Å²) in [6, 6.07) is 9.90. The summed E-state index contributed by atoms with van der Waals surface area (Å²) in [6.07, 6.45) is 4.72. The van der Waals surface area contributed by atoms with Crippen LogP contribution in [0.3, 0.4) is 0 Å². The first kappa shape index (κ1) is 20.9. The molecule has 4 N–H and O–H groups in total. The van der Waals surface area contributed by atoms with E-state index in [-0.39, 0.29) is 6.04 Å². The molecular weight excluding hydrogens is 418 g/mol. The number of nitrogen functional groups attached to an aromatic ring is 1. The molecule has 0 radical (unpaired) electrons. The Morgan fingerprint density at radius 3 is 2.85 bits per heavy atom. The number of hydrogen-bond acceptors (Lipinski definition) is 6. The number of rotatable bonds is 2. The van der Waals surface area contributed by atoms with Crippen LogP contribution in [0.15, 0.2) is 42.7 Å². The molecule has 1 fully saturated rings. The number of likely N-dealkylation sites (tertiary alicyclic amines) is 1. The van der Waals surface area contributed by atoms with Gasteiger partial charge in [0.25, 0.3) is 0 Å². The van der Waals surface area contributed by atoms with Gasteiger partial charge in [-0.1, -0.05) is 25.1 Å². The van der Waals surface area contributed by atoms with E-state index in [2.05, 4.69) is 32.4 Å². The molecule has 168 valence electrons. The normalized spacial score (nSPS) is 18.5. The monoisotopic (exact) mass is 443 g/mol. The van der Waals surface area contributed by atoms with Gasteiger partial charge in [-0.15, -0.1) is 0 Å². The Kier molecular flexibility index (Phi) is 5.16. The molecule has 1 aliphatic heterocycles. The quantitative estimate of drug-likeness (QED) is 0.408. The maximum Gasteiger partial charge on any atom is 0.314 e. The summed E-state index contributed by atoms with van der Waals surface area (Å²) in [5.74, 6) is -0.691. The van der Waals surface area contributed by atoms with Gasteiger partial charge >= 0.3 is 11.8 Å². The number of pyridine rings is 2. The molecule has 2 amide bonds. The molecule has 9 nitrogen and oxygen atoms in total. The fourth-order valence-corrected chi connectivity index (χ4v) is 4.52. The van der Waals surface area contributed by atoms with E-state index in [1.54, 1.807) is 4.90 Å². The Hall–Kier alpha value is -4.01. The molecule has 0 unspecified atom stereocenters. The van der Waals surface area contributed by atoms with Crippen LogP contribution in [0, 0.1) is 12.8 Å². The summed E-state index contributed by atoms with van der Waals surface area (Å²) in [5, 5.41) is 11.1. The number of H-pyrrole nitrogens is 1. The summed E-state index contributed by atoms with van der Waals surface area (Å²) in [6.45, 7) is 4.56. The maximum absolute atomic E-state index is 13.3. The van der Waals surface area contributed by atoms with Crippen LogP contribution in [0.5, 0.6) is 0 Å². The van der Waals surface area contributed by atoms with Gasteiger partial charge in [-0.05, 0) is 43.4 Å². The van der Waals surface area contributed by atoms with Gasteiger partial charge in [-0.2, -0.15) is 5.10 Å². The molecule has 0 aliphatic carbocycles. The van der Waals surface area contributed by atoms with Crippen LogP contribution < -0.4 is 11.1 Å². The number of carbonyl (C=O) groups is 2. The number of nitrogens with one attached hydrogen (secondary N) is 2. The molecule has 4 aromatic rings. The van der Waals surface area contributed by atoms with Crippen LogP contribution >= 0.6 is 0 Å². The molecule has 1 aliphatic rings. The number of aryl methyl sites for hydroxylation is 1. The van der Waals surface area contributed by atoms with Crippen molar-refractivity contribution >= 4 is 45.1 Å². The predicted molar refractivity (Wildman–Crippen MR) is 126 cm³/mol. The number of carbonyl (C=O) groups excluding carboxylic acids is 2. The Balaban J connectivity index is 1.43. The number of hydrogen-bond donors (Lipinski definition) is 3. The Labute approximate surface area is 190 Å². The number of aromatic amines is 1. The van der Waals surface area contributed by atoms with Crippen LogP contribution in [0.2, 0.25) is 0 Å². The van der Waals surface area contributed by atoms with E-state index in [0.29, 0.717) is 34.9 Å². The molecule has 3 aromatic heterocycles. The minimum atomic E-state index is -0.716. The number of benzene rings is 1. The number of nitrogens with zero attached hydrogens (tertiary/aromatic N) is 4. The average Bonchev–Trinajstić information content (AvgIpc) is 3.31. The lowest BCUT2D eigenvalue weighted by atomic mass is 9.89. The molecule has 4 heterocycles. The summed E-state index contributed by atoms with van der Waals surface area (Å²) in [7, 11) is 0. The lowest BCUT2D eigenvalue weighted by Gasteiger charge is -2.38. The first-order valence-corrected chi connectivity index (χ1v) is 11.0. The van der Waals surface area contributed by atoms with Crippen molar-refractivity contribution in [3.8, 4) is 0 Å². The highest BCUT2D eigenvalue weighted by Crippen LogP contribution is 2.35. The Bertz CT molecular complexity index is 1380. The summed E-state index contributed by atoms with van der Waals surface area (Å²) >= 11 is 0. The molecule has 5 rings (SSSR count). The van der Waals surface area contributed by atoms with Crippen molar-refractivity contribution in [2.45, 2.75) is 32.7 Å². The summed E-state index contributed by atoms with van der Waals surface area (Å²) < 4.78 is 0. The number of amides is 2. The summed E-state index contributed by atoms with van der Waals surface area (Å²) in [5.41, 5.74) is 9.56. The van der Waals surface area contributed by atoms with Crippen molar-refractivity contribution < 1.29 is 9.59 Å². The van der Waals surface area contributed by atoms with E-state index in [1.165, 1.54) is 12.4 Å². The molecule has 1 aromatic carbocycles. The highest BCUT2D eigenvalue weighted by molar-refractivity contribution is 6.40. The minimum absolute atomic E-state index is 0.192. The van der Waals surface area contributed by atoms with Gasteiger partial charge in [0.05, 0.1) is 40.5 Å². The number of aromatic nitrogens is 4. The Morgan fingerprint density at radius 1 is 1.18 bits per heavy atom. The largest absolute Gasteiger partial charge is 0.383 e. The van der Waals surface area contributed by atoms with Crippen molar-refractivity contribution in [3.05, 3.63) is 54.0 Å². The highest BCUT2D eigenvalue weighted by atomic mass is 16.2. The fourth-order valence-electron chi connectivity index (χ4n) is 4.52. The van der Waals surface area contributed by atoms with E-state index in [1.807, 2.05) is 37.3 Å². The van der Waals surface area contributed by atoms with Crippen molar-refractivity contribution in [1.29, 1.82) is 0 Å². The third-order valence-corrected chi connectivity index (χ3v) is 6.28.